The van der Waals surface area contributed by atoms with Crippen molar-refractivity contribution in [3.05, 3.63) is 104 Å². The van der Waals surface area contributed by atoms with Gasteiger partial charge in [-0.15, -0.1) is 13.2 Å². The Morgan fingerprint density at radius 3 is 2.42 bits per heavy atom. The lowest BCUT2D eigenvalue weighted by Gasteiger charge is -2.40. The molecular formula is C42H48BrN3O7. The van der Waals surface area contributed by atoms with E-state index in [9.17, 15) is 19.5 Å². The number of rotatable bonds is 15. The van der Waals surface area contributed by atoms with Crippen LogP contribution in [-0.4, -0.2) is 81.5 Å². The zero-order valence-corrected chi connectivity index (χ0v) is 32.0. The van der Waals surface area contributed by atoms with Gasteiger partial charge in [0.1, 0.15) is 17.7 Å². The van der Waals surface area contributed by atoms with Crippen molar-refractivity contribution >= 4 is 56.1 Å². The van der Waals surface area contributed by atoms with Crippen LogP contribution in [0.2, 0.25) is 0 Å². The fourth-order valence-electron chi connectivity index (χ4n) is 8.48. The zero-order valence-electron chi connectivity index (χ0n) is 30.4. The third kappa shape index (κ3) is 7.06. The van der Waals surface area contributed by atoms with E-state index in [2.05, 4.69) is 34.4 Å². The Bertz CT molecular complexity index is 1870. The summed E-state index contributed by atoms with van der Waals surface area (Å²) in [5.74, 6) is -4.02. The van der Waals surface area contributed by atoms with Crippen LogP contribution in [0.4, 0.5) is 5.69 Å². The maximum Gasteiger partial charge on any atom is 0.313 e. The molecule has 3 aromatic rings. The molecule has 0 aliphatic carbocycles. The van der Waals surface area contributed by atoms with Crippen molar-refractivity contribution in [2.45, 2.75) is 80.8 Å². The highest BCUT2D eigenvalue weighted by molar-refractivity contribution is 9.09. The summed E-state index contributed by atoms with van der Waals surface area (Å²) in [6, 6.07) is 20.3. The molecule has 3 fully saturated rings. The van der Waals surface area contributed by atoms with E-state index in [4.69, 9.17) is 9.47 Å². The van der Waals surface area contributed by atoms with Crippen molar-refractivity contribution in [1.29, 1.82) is 0 Å². The summed E-state index contributed by atoms with van der Waals surface area (Å²) in [6.45, 7) is 12.9. The van der Waals surface area contributed by atoms with Crippen molar-refractivity contribution in [1.82, 2.24) is 10.2 Å². The minimum atomic E-state index is -1.39. The molecule has 3 amide bonds. The number of nitrogens with one attached hydrogen (secondary N) is 1. The first kappa shape index (κ1) is 38.4. The van der Waals surface area contributed by atoms with Crippen molar-refractivity contribution < 1.29 is 33.8 Å². The number of esters is 1. The molecule has 1 unspecified atom stereocenters. The van der Waals surface area contributed by atoms with Crippen molar-refractivity contribution in [2.24, 2.45) is 17.8 Å². The summed E-state index contributed by atoms with van der Waals surface area (Å²) in [7, 11) is 0. The van der Waals surface area contributed by atoms with E-state index < -0.39 is 59.6 Å². The average Bonchev–Trinajstić information content (AvgIpc) is 3.75. The van der Waals surface area contributed by atoms with Crippen LogP contribution >= 0.6 is 15.9 Å². The van der Waals surface area contributed by atoms with Gasteiger partial charge in [0.15, 0.2) is 0 Å². The summed E-state index contributed by atoms with van der Waals surface area (Å²) in [4.78, 5) is 60.1. The number of benzene rings is 3. The number of aliphatic hydroxyl groups is 1. The lowest BCUT2D eigenvalue weighted by molar-refractivity contribution is -0.162. The maximum atomic E-state index is 15.2. The second-order valence-corrected chi connectivity index (χ2v) is 15.8. The second kappa shape index (κ2) is 16.0. The fourth-order valence-corrected chi connectivity index (χ4v) is 9.42. The molecular weight excluding hydrogens is 738 g/mol. The Kier molecular flexibility index (Phi) is 11.6. The normalized spacial score (nSPS) is 26.2. The summed E-state index contributed by atoms with van der Waals surface area (Å²) in [5.41, 5.74) is -0.0866. The Morgan fingerprint density at radius 2 is 1.75 bits per heavy atom. The lowest BCUT2D eigenvalue weighted by atomic mass is 9.70. The minimum absolute atomic E-state index is 0.156. The highest BCUT2D eigenvalue weighted by Gasteiger charge is 2.77. The number of ether oxygens (including phenoxy) is 2. The molecule has 0 radical (unpaired) electrons. The standard InChI is InChI=1S/C42H48BrN3O7/c1-6-8-18-33(48)44-26(5)36(28-15-10-9-11-16-28)52-41(51)34-35-39(49)46(32(24-47)25(3)4)38(42(35)23-31(43)37(34)53-42)40(50)45(21-7-2)30-20-19-27-14-12-13-17-29(27)22-30/h6-7,9-17,19-20,22,25-26,31-32,34-38,47H,1-2,8,18,21,23-24H2,3-5H3,(H,44,48)/t26-,31?,32+,34-,35+,36-,37-,38-,42+/m1/s1. The number of alkyl halides is 1. The Morgan fingerprint density at radius 1 is 1.06 bits per heavy atom. The van der Waals surface area contributed by atoms with Gasteiger partial charge in [0.05, 0.1) is 36.6 Å². The van der Waals surface area contributed by atoms with E-state index in [1.807, 2.05) is 86.6 Å². The van der Waals surface area contributed by atoms with Gasteiger partial charge in [0.2, 0.25) is 11.8 Å². The van der Waals surface area contributed by atoms with E-state index in [0.717, 1.165) is 10.8 Å². The largest absolute Gasteiger partial charge is 0.455 e. The molecule has 6 rings (SSSR count). The number of amides is 3. The van der Waals surface area contributed by atoms with Gasteiger partial charge in [-0.3, -0.25) is 19.2 Å². The van der Waals surface area contributed by atoms with E-state index in [-0.39, 0.29) is 42.1 Å². The Labute approximate surface area is 319 Å². The SMILES string of the molecule is C=CCCC(=O)N[C@H](C)[C@@H](OC(=O)[C@H]1[C@@H]2O[C@@]3(CC2Br)[C@@H]1C(=O)N([C@@H](CO)C(C)C)[C@@H]3C(=O)N(CC=C)c1ccc2ccccc2c1)c1ccccc1. The van der Waals surface area contributed by atoms with Gasteiger partial charge in [-0.05, 0) is 54.2 Å². The monoisotopic (exact) mass is 785 g/mol. The first-order valence-corrected chi connectivity index (χ1v) is 19.2. The number of carbonyl (C=O) groups is 4. The molecule has 3 saturated heterocycles. The molecule has 0 saturated carbocycles. The van der Waals surface area contributed by atoms with Crippen LogP contribution in [-0.2, 0) is 28.7 Å². The van der Waals surface area contributed by atoms with Gasteiger partial charge >= 0.3 is 5.97 Å². The molecule has 3 aliphatic heterocycles. The topological polar surface area (TPSA) is 125 Å². The quantitative estimate of drug-likeness (QED) is 0.112. The number of fused-ring (bicyclic) bond motifs is 2. The van der Waals surface area contributed by atoms with Crippen LogP contribution in [0, 0.1) is 17.8 Å². The molecule has 1 spiro atoms. The summed E-state index contributed by atoms with van der Waals surface area (Å²) in [6.07, 6.45) is 2.70. The molecule has 3 aromatic carbocycles. The van der Waals surface area contributed by atoms with Crippen LogP contribution in [0.1, 0.15) is 51.7 Å². The second-order valence-electron chi connectivity index (χ2n) is 14.6. The molecule has 2 N–H and O–H groups in total. The summed E-state index contributed by atoms with van der Waals surface area (Å²) in [5, 5.41) is 15.6. The number of halogens is 1. The highest BCUT2D eigenvalue weighted by Crippen LogP contribution is 2.61. The molecule has 53 heavy (non-hydrogen) atoms. The molecule has 3 heterocycles. The van der Waals surface area contributed by atoms with Crippen LogP contribution in [0.15, 0.2) is 98.1 Å². The van der Waals surface area contributed by atoms with Gasteiger partial charge in [-0.25, -0.2) is 0 Å². The molecule has 3 aliphatic rings. The molecule has 11 heteroatoms. The zero-order chi connectivity index (χ0) is 38.0. The number of hydrogen-bond donors (Lipinski definition) is 2. The Balaban J connectivity index is 1.39. The van der Waals surface area contributed by atoms with Gasteiger partial charge in [0, 0.05) is 23.5 Å². The number of carbonyl (C=O) groups excluding carboxylic acids is 4. The minimum Gasteiger partial charge on any atom is -0.455 e. The number of nitrogens with zero attached hydrogens (tertiary/aromatic N) is 2. The van der Waals surface area contributed by atoms with Crippen LogP contribution < -0.4 is 10.2 Å². The lowest BCUT2D eigenvalue weighted by Crippen LogP contribution is -2.60. The van der Waals surface area contributed by atoms with Crippen LogP contribution in [0.5, 0.6) is 0 Å². The van der Waals surface area contributed by atoms with E-state index >= 15 is 4.79 Å². The number of aliphatic hydroxyl groups excluding tert-OH is 1. The third-order valence-electron chi connectivity index (χ3n) is 11.0. The number of likely N-dealkylation sites (tertiary alicyclic amines) is 1. The number of anilines is 1. The van der Waals surface area contributed by atoms with Crippen LogP contribution in [0.25, 0.3) is 10.8 Å². The fraction of sp³-hybridized carbons (Fsp3) is 0.429. The van der Waals surface area contributed by atoms with Crippen LogP contribution in [0.3, 0.4) is 0 Å². The molecule has 280 valence electrons. The first-order chi connectivity index (χ1) is 25.5. The highest BCUT2D eigenvalue weighted by atomic mass is 79.9. The maximum absolute atomic E-state index is 15.2. The predicted molar refractivity (Wildman–Crippen MR) is 207 cm³/mol. The van der Waals surface area contributed by atoms with E-state index in [1.54, 1.807) is 24.0 Å². The van der Waals surface area contributed by atoms with Gasteiger partial charge in [-0.1, -0.05) is 103 Å². The number of hydrogen-bond acceptors (Lipinski definition) is 7. The van der Waals surface area contributed by atoms with Gasteiger partial charge in [-0.2, -0.15) is 0 Å². The summed E-state index contributed by atoms with van der Waals surface area (Å²) >= 11 is 3.75. The van der Waals surface area contributed by atoms with Gasteiger partial charge < -0.3 is 29.7 Å². The molecule has 9 atom stereocenters. The third-order valence-corrected chi connectivity index (χ3v) is 11.8. The van der Waals surface area contributed by atoms with Crippen molar-refractivity contribution in [2.75, 3.05) is 18.1 Å². The summed E-state index contributed by atoms with van der Waals surface area (Å²) < 4.78 is 13.1. The first-order valence-electron chi connectivity index (χ1n) is 18.3. The smallest absolute Gasteiger partial charge is 0.313 e. The average molecular weight is 787 g/mol. The molecule has 10 nitrogen and oxygen atoms in total. The number of allylic oxidation sites excluding steroid dienone is 1. The Hall–Kier alpha value is -4.32. The van der Waals surface area contributed by atoms with Crippen molar-refractivity contribution in [3.8, 4) is 0 Å². The van der Waals surface area contributed by atoms with Gasteiger partial charge in [0.25, 0.3) is 5.91 Å². The predicted octanol–water partition coefficient (Wildman–Crippen LogP) is 5.88. The van der Waals surface area contributed by atoms with E-state index in [1.165, 1.54) is 4.90 Å². The van der Waals surface area contributed by atoms with E-state index in [0.29, 0.717) is 24.1 Å². The molecule has 0 aromatic heterocycles. The molecule has 2 bridgehead atoms. The van der Waals surface area contributed by atoms with Crippen molar-refractivity contribution in [3.63, 3.8) is 0 Å².